The van der Waals surface area contributed by atoms with E-state index in [2.05, 4.69) is 52.7 Å². The number of amides is 1. The highest BCUT2D eigenvalue weighted by molar-refractivity contribution is 5.94. The Hall–Kier alpha value is -2.95. The molecule has 1 aliphatic heterocycles. The first kappa shape index (κ1) is 23.8. The number of benzene rings is 3. The molecule has 1 amide bonds. The van der Waals surface area contributed by atoms with Crippen LogP contribution in [0.4, 0.5) is 0 Å². The van der Waals surface area contributed by atoms with Gasteiger partial charge in [0.2, 0.25) is 0 Å². The number of nitrogens with zero attached hydrogens (tertiary/aromatic N) is 1. The molecule has 182 valence electrons. The minimum absolute atomic E-state index is 0.0591. The lowest BCUT2D eigenvalue weighted by Gasteiger charge is -2.35. The molecule has 0 spiro atoms. The van der Waals surface area contributed by atoms with Gasteiger partial charge in [-0.1, -0.05) is 66.7 Å². The lowest BCUT2D eigenvalue weighted by Crippen LogP contribution is -2.35. The minimum atomic E-state index is -0.395. The van der Waals surface area contributed by atoms with Gasteiger partial charge in [0.15, 0.2) is 0 Å². The zero-order chi connectivity index (χ0) is 24.0. The van der Waals surface area contributed by atoms with Crippen molar-refractivity contribution in [2.24, 2.45) is 5.92 Å². The first-order valence-corrected chi connectivity index (χ1v) is 13.1. The zero-order valence-corrected chi connectivity index (χ0v) is 20.4. The number of piperidine rings is 1. The molecule has 35 heavy (non-hydrogen) atoms. The second-order valence-electron chi connectivity index (χ2n) is 10.1. The number of nitrogens with one attached hydrogen (secondary N) is 1. The number of aliphatic hydroxyl groups is 1. The van der Waals surface area contributed by atoms with Crippen LogP contribution in [0.2, 0.25) is 0 Å². The highest BCUT2D eigenvalue weighted by atomic mass is 16.3. The number of aryl methyl sites for hydroxylation is 1. The van der Waals surface area contributed by atoms with Crippen LogP contribution >= 0.6 is 0 Å². The highest BCUT2D eigenvalue weighted by Crippen LogP contribution is 2.37. The molecule has 3 aromatic rings. The van der Waals surface area contributed by atoms with Gasteiger partial charge in [0, 0.05) is 12.1 Å². The van der Waals surface area contributed by atoms with E-state index in [0.29, 0.717) is 23.9 Å². The molecule has 2 atom stereocenters. The molecule has 0 saturated carbocycles. The Balaban J connectivity index is 1.10. The maximum Gasteiger partial charge on any atom is 0.251 e. The number of rotatable bonds is 7. The minimum Gasteiger partial charge on any atom is -0.388 e. The molecule has 0 unspecified atom stereocenters. The summed E-state index contributed by atoms with van der Waals surface area (Å²) in [5.41, 5.74) is 5.53. The molecule has 2 aliphatic rings. The number of hydrogen-bond donors (Lipinski definition) is 2. The Bertz CT molecular complexity index is 1110. The first-order chi connectivity index (χ1) is 17.2. The fraction of sp³-hybridized carbons (Fsp3) is 0.387. The first-order valence-electron chi connectivity index (χ1n) is 13.1. The van der Waals surface area contributed by atoms with Gasteiger partial charge in [-0.25, -0.2) is 0 Å². The van der Waals surface area contributed by atoms with Crippen LogP contribution in [-0.4, -0.2) is 35.5 Å². The lowest BCUT2D eigenvalue weighted by atomic mass is 9.79. The van der Waals surface area contributed by atoms with Crippen LogP contribution in [0.15, 0.2) is 78.9 Å². The van der Waals surface area contributed by atoms with Gasteiger partial charge in [-0.15, -0.1) is 0 Å². The number of aliphatic hydroxyl groups excluding tert-OH is 1. The number of hydrogen-bond acceptors (Lipinski definition) is 3. The average Bonchev–Trinajstić information content (AvgIpc) is 2.92. The number of carbonyl (C=O) groups is 1. The molecule has 1 saturated heterocycles. The lowest BCUT2D eigenvalue weighted by molar-refractivity contribution is 0.0772. The number of carbonyl (C=O) groups excluding carboxylic acids is 1. The Morgan fingerprint density at radius 1 is 0.914 bits per heavy atom. The van der Waals surface area contributed by atoms with Crippen molar-refractivity contribution in [2.45, 2.75) is 50.7 Å². The average molecular weight is 469 g/mol. The second kappa shape index (κ2) is 11.2. The standard InChI is InChI=1S/C31H36N2O2/c34-30-26(17-20-33-18-15-25(16-19-33)24-7-3-1-4-8-24)12-13-28-21-23(11-14-29(28)30)22-32-31(35)27-9-5-2-6-10-27/h1-11,14,21,25-26,30,34H,12-13,15-20,22H2,(H,32,35)/t26-,30-/m0/s1. The maximum atomic E-state index is 12.3. The fourth-order valence-electron chi connectivity index (χ4n) is 5.77. The summed E-state index contributed by atoms with van der Waals surface area (Å²) in [5.74, 6) is 0.945. The molecule has 1 aliphatic carbocycles. The summed E-state index contributed by atoms with van der Waals surface area (Å²) in [6.45, 7) is 3.87. The molecule has 0 radical (unpaired) electrons. The summed E-state index contributed by atoms with van der Waals surface area (Å²) in [7, 11) is 0. The molecule has 2 N–H and O–H groups in total. The van der Waals surface area contributed by atoms with Crippen LogP contribution in [-0.2, 0) is 13.0 Å². The van der Waals surface area contributed by atoms with Crippen LogP contribution < -0.4 is 5.32 Å². The third-order valence-electron chi connectivity index (χ3n) is 7.92. The second-order valence-corrected chi connectivity index (χ2v) is 10.1. The predicted octanol–water partition coefficient (Wildman–Crippen LogP) is 5.48. The molecule has 1 fully saturated rings. The molecule has 0 bridgehead atoms. The summed E-state index contributed by atoms with van der Waals surface area (Å²) >= 11 is 0. The van der Waals surface area contributed by atoms with Crippen LogP contribution in [0.25, 0.3) is 0 Å². The van der Waals surface area contributed by atoms with Crippen molar-refractivity contribution in [1.29, 1.82) is 0 Å². The Morgan fingerprint density at radius 3 is 2.37 bits per heavy atom. The summed E-state index contributed by atoms with van der Waals surface area (Å²) in [6, 6.07) is 26.5. The van der Waals surface area contributed by atoms with E-state index in [9.17, 15) is 9.90 Å². The molecule has 3 aromatic carbocycles. The van der Waals surface area contributed by atoms with E-state index in [1.54, 1.807) is 0 Å². The van der Waals surface area contributed by atoms with Crippen molar-refractivity contribution in [3.8, 4) is 0 Å². The van der Waals surface area contributed by atoms with Crippen LogP contribution in [0.3, 0.4) is 0 Å². The monoisotopic (exact) mass is 468 g/mol. The van der Waals surface area contributed by atoms with E-state index in [1.165, 1.54) is 24.0 Å². The van der Waals surface area contributed by atoms with Crippen LogP contribution in [0.1, 0.15) is 70.3 Å². The van der Waals surface area contributed by atoms with Gasteiger partial charge in [-0.3, -0.25) is 4.79 Å². The largest absolute Gasteiger partial charge is 0.388 e. The quantitative estimate of drug-likeness (QED) is 0.483. The molecule has 4 heteroatoms. The smallest absolute Gasteiger partial charge is 0.251 e. The SMILES string of the molecule is O=C(NCc1ccc2c(c1)CC[C@@H](CCN1CCC(c3ccccc3)CC1)[C@@H]2O)c1ccccc1. The van der Waals surface area contributed by atoms with Gasteiger partial charge in [0.1, 0.15) is 0 Å². The van der Waals surface area contributed by atoms with Crippen molar-refractivity contribution in [3.05, 3.63) is 107 Å². The van der Waals surface area contributed by atoms with Gasteiger partial charge in [0.05, 0.1) is 6.10 Å². The molecule has 1 heterocycles. The fourth-order valence-corrected chi connectivity index (χ4v) is 5.77. The van der Waals surface area contributed by atoms with E-state index in [1.807, 2.05) is 36.4 Å². The van der Waals surface area contributed by atoms with E-state index < -0.39 is 6.10 Å². The van der Waals surface area contributed by atoms with Crippen molar-refractivity contribution < 1.29 is 9.90 Å². The van der Waals surface area contributed by atoms with E-state index in [0.717, 1.165) is 50.0 Å². The summed E-state index contributed by atoms with van der Waals surface area (Å²) in [5, 5.41) is 14.1. The number of likely N-dealkylation sites (tertiary alicyclic amines) is 1. The predicted molar refractivity (Wildman–Crippen MR) is 140 cm³/mol. The maximum absolute atomic E-state index is 12.3. The van der Waals surface area contributed by atoms with Crippen LogP contribution in [0.5, 0.6) is 0 Å². The van der Waals surface area contributed by atoms with Gasteiger partial charge in [-0.05, 0) is 98.0 Å². The summed E-state index contributed by atoms with van der Waals surface area (Å²) in [4.78, 5) is 14.9. The molecule has 4 nitrogen and oxygen atoms in total. The Labute approximate surface area is 209 Å². The highest BCUT2D eigenvalue weighted by Gasteiger charge is 2.29. The topological polar surface area (TPSA) is 52.6 Å². The van der Waals surface area contributed by atoms with E-state index in [4.69, 9.17) is 0 Å². The van der Waals surface area contributed by atoms with Crippen LogP contribution in [0, 0.1) is 5.92 Å². The summed E-state index contributed by atoms with van der Waals surface area (Å²) in [6.07, 6.45) is 5.12. The molecule has 0 aromatic heterocycles. The van der Waals surface area contributed by atoms with Crippen molar-refractivity contribution in [1.82, 2.24) is 10.2 Å². The van der Waals surface area contributed by atoms with Gasteiger partial charge >= 0.3 is 0 Å². The normalized spacial score (nSPS) is 20.8. The third-order valence-corrected chi connectivity index (χ3v) is 7.92. The molecular weight excluding hydrogens is 432 g/mol. The van der Waals surface area contributed by atoms with Crippen molar-refractivity contribution in [3.63, 3.8) is 0 Å². The van der Waals surface area contributed by atoms with E-state index in [-0.39, 0.29) is 5.91 Å². The Morgan fingerprint density at radius 2 is 1.63 bits per heavy atom. The molecular formula is C31H36N2O2. The van der Waals surface area contributed by atoms with E-state index >= 15 is 0 Å². The van der Waals surface area contributed by atoms with Gasteiger partial charge in [-0.2, -0.15) is 0 Å². The summed E-state index contributed by atoms with van der Waals surface area (Å²) < 4.78 is 0. The zero-order valence-electron chi connectivity index (χ0n) is 20.4. The van der Waals surface area contributed by atoms with Gasteiger partial charge < -0.3 is 15.3 Å². The van der Waals surface area contributed by atoms with Gasteiger partial charge in [0.25, 0.3) is 5.91 Å². The number of fused-ring (bicyclic) bond motifs is 1. The molecule has 5 rings (SSSR count). The van der Waals surface area contributed by atoms with Crippen molar-refractivity contribution in [2.75, 3.05) is 19.6 Å². The van der Waals surface area contributed by atoms with Crippen molar-refractivity contribution >= 4 is 5.91 Å². The Kier molecular flexibility index (Phi) is 7.60. The third kappa shape index (κ3) is 5.83.